The zero-order valence-corrected chi connectivity index (χ0v) is 11.5. The van der Waals surface area contributed by atoms with Gasteiger partial charge in [0, 0.05) is 20.6 Å². The Morgan fingerprint density at radius 1 is 1.56 bits per heavy atom. The molecule has 1 aliphatic rings. The fourth-order valence-corrected chi connectivity index (χ4v) is 2.24. The van der Waals surface area contributed by atoms with Crippen LogP contribution in [0.4, 0.5) is 5.82 Å². The summed E-state index contributed by atoms with van der Waals surface area (Å²) in [5.41, 5.74) is 0.324. The first-order chi connectivity index (χ1) is 8.61. The Balaban J connectivity index is 2.11. The van der Waals surface area contributed by atoms with E-state index in [0.717, 1.165) is 6.54 Å². The predicted octanol–water partition coefficient (Wildman–Crippen LogP) is 2.65. The van der Waals surface area contributed by atoms with E-state index in [1.54, 1.807) is 24.1 Å². The molecule has 0 aliphatic heterocycles. The van der Waals surface area contributed by atoms with Crippen molar-refractivity contribution in [2.75, 3.05) is 26.0 Å². The second kappa shape index (κ2) is 5.57. The summed E-state index contributed by atoms with van der Waals surface area (Å²) in [6, 6.07) is 3.45. The normalized spacial score (nSPS) is 15.1. The highest BCUT2D eigenvalue weighted by Crippen LogP contribution is 2.27. The minimum atomic E-state index is -0.107. The number of hydrogen-bond donors (Lipinski definition) is 1. The monoisotopic (exact) mass is 267 g/mol. The topological polar surface area (TPSA) is 45.2 Å². The lowest BCUT2D eigenvalue weighted by Crippen LogP contribution is -2.34. The summed E-state index contributed by atoms with van der Waals surface area (Å²) < 4.78 is 0. The number of nitrogens with one attached hydrogen (secondary N) is 1. The molecule has 1 N–H and O–H groups in total. The summed E-state index contributed by atoms with van der Waals surface area (Å²) in [7, 11) is 3.58. The van der Waals surface area contributed by atoms with Gasteiger partial charge in [-0.2, -0.15) is 0 Å². The highest BCUT2D eigenvalue weighted by atomic mass is 35.5. The molecule has 5 heteroatoms. The van der Waals surface area contributed by atoms with Crippen molar-refractivity contribution in [3.8, 4) is 0 Å². The molecular formula is C13H18ClN3O. The Kier molecular flexibility index (Phi) is 4.07. The van der Waals surface area contributed by atoms with Gasteiger partial charge in [-0.15, -0.1) is 0 Å². The molecule has 2 rings (SSSR count). The molecule has 1 aromatic rings. The minimum Gasteiger partial charge on any atom is -0.373 e. The lowest BCUT2D eigenvalue weighted by atomic mass is 9.85. The SMILES string of the molecule is CNc1ccc(Cl)c(C(=O)N(C)CC2CCC2)n1. The molecule has 1 heterocycles. The van der Waals surface area contributed by atoms with E-state index >= 15 is 0 Å². The van der Waals surface area contributed by atoms with Crippen LogP contribution in [-0.2, 0) is 0 Å². The van der Waals surface area contributed by atoms with Crippen LogP contribution in [0, 0.1) is 5.92 Å². The smallest absolute Gasteiger partial charge is 0.273 e. The third-order valence-corrected chi connectivity index (χ3v) is 3.71. The standard InChI is InChI=1S/C13H18ClN3O/c1-15-11-7-6-10(14)12(16-11)13(18)17(2)8-9-4-3-5-9/h6-7,9H,3-5,8H2,1-2H3,(H,15,16). The average Bonchev–Trinajstić information content (AvgIpc) is 2.33. The van der Waals surface area contributed by atoms with E-state index in [-0.39, 0.29) is 5.91 Å². The van der Waals surface area contributed by atoms with Crippen molar-refractivity contribution in [2.45, 2.75) is 19.3 Å². The van der Waals surface area contributed by atoms with Crippen molar-refractivity contribution in [3.05, 3.63) is 22.8 Å². The molecule has 0 saturated heterocycles. The van der Waals surface area contributed by atoms with Crippen LogP contribution in [0.1, 0.15) is 29.8 Å². The number of carbonyl (C=O) groups excluding carboxylic acids is 1. The second-order valence-corrected chi connectivity index (χ2v) is 5.17. The van der Waals surface area contributed by atoms with Gasteiger partial charge in [0.25, 0.3) is 5.91 Å². The molecule has 1 aromatic heterocycles. The van der Waals surface area contributed by atoms with E-state index in [9.17, 15) is 4.79 Å². The Labute approximate surface area is 112 Å². The molecule has 1 aliphatic carbocycles. The molecule has 1 fully saturated rings. The number of amides is 1. The molecular weight excluding hydrogens is 250 g/mol. The maximum absolute atomic E-state index is 12.3. The van der Waals surface area contributed by atoms with Crippen molar-refractivity contribution in [3.63, 3.8) is 0 Å². The fourth-order valence-electron chi connectivity index (χ4n) is 2.06. The van der Waals surface area contributed by atoms with Gasteiger partial charge in [0.05, 0.1) is 5.02 Å². The predicted molar refractivity (Wildman–Crippen MR) is 73.1 cm³/mol. The zero-order chi connectivity index (χ0) is 13.1. The lowest BCUT2D eigenvalue weighted by Gasteiger charge is -2.30. The Morgan fingerprint density at radius 3 is 2.83 bits per heavy atom. The van der Waals surface area contributed by atoms with Crippen LogP contribution < -0.4 is 5.32 Å². The molecule has 0 radical (unpaired) electrons. The number of carbonyl (C=O) groups is 1. The lowest BCUT2D eigenvalue weighted by molar-refractivity contribution is 0.0740. The molecule has 98 valence electrons. The highest BCUT2D eigenvalue weighted by Gasteiger charge is 2.23. The van der Waals surface area contributed by atoms with Gasteiger partial charge in [0.2, 0.25) is 0 Å². The van der Waals surface area contributed by atoms with E-state index < -0.39 is 0 Å². The van der Waals surface area contributed by atoms with Crippen LogP contribution in [0.25, 0.3) is 0 Å². The van der Waals surface area contributed by atoms with E-state index in [4.69, 9.17) is 11.6 Å². The number of halogens is 1. The Bertz CT molecular complexity index is 446. The number of pyridine rings is 1. The first-order valence-corrected chi connectivity index (χ1v) is 6.59. The van der Waals surface area contributed by atoms with Crippen molar-refractivity contribution in [1.29, 1.82) is 0 Å². The summed E-state index contributed by atoms with van der Waals surface area (Å²) in [4.78, 5) is 18.2. The van der Waals surface area contributed by atoms with Crippen LogP contribution in [0.5, 0.6) is 0 Å². The number of rotatable bonds is 4. The Morgan fingerprint density at radius 2 is 2.28 bits per heavy atom. The maximum atomic E-state index is 12.3. The van der Waals surface area contributed by atoms with E-state index in [1.807, 2.05) is 7.05 Å². The van der Waals surface area contributed by atoms with Gasteiger partial charge >= 0.3 is 0 Å². The largest absolute Gasteiger partial charge is 0.373 e. The van der Waals surface area contributed by atoms with Gasteiger partial charge in [-0.25, -0.2) is 4.98 Å². The number of aromatic nitrogens is 1. The van der Waals surface area contributed by atoms with Crippen molar-refractivity contribution in [1.82, 2.24) is 9.88 Å². The third-order valence-electron chi connectivity index (χ3n) is 3.41. The first kappa shape index (κ1) is 13.1. The van der Waals surface area contributed by atoms with Crippen molar-refractivity contribution < 1.29 is 4.79 Å². The van der Waals surface area contributed by atoms with Crippen molar-refractivity contribution >= 4 is 23.3 Å². The number of hydrogen-bond acceptors (Lipinski definition) is 3. The van der Waals surface area contributed by atoms with E-state index in [2.05, 4.69) is 10.3 Å². The van der Waals surface area contributed by atoms with Gasteiger partial charge < -0.3 is 10.2 Å². The van der Waals surface area contributed by atoms with Gasteiger partial charge in [0.1, 0.15) is 11.5 Å². The maximum Gasteiger partial charge on any atom is 0.273 e. The highest BCUT2D eigenvalue weighted by molar-refractivity contribution is 6.33. The quantitative estimate of drug-likeness (QED) is 0.912. The summed E-state index contributed by atoms with van der Waals surface area (Å²) in [5, 5.41) is 3.31. The number of anilines is 1. The summed E-state index contributed by atoms with van der Waals surface area (Å²) >= 11 is 6.04. The number of nitrogens with zero attached hydrogens (tertiary/aromatic N) is 2. The first-order valence-electron chi connectivity index (χ1n) is 6.21. The summed E-state index contributed by atoms with van der Waals surface area (Å²) in [5.74, 6) is 1.19. The van der Waals surface area contributed by atoms with Crippen LogP contribution in [0.15, 0.2) is 12.1 Å². The van der Waals surface area contributed by atoms with Crippen molar-refractivity contribution in [2.24, 2.45) is 5.92 Å². The van der Waals surface area contributed by atoms with E-state index in [1.165, 1.54) is 19.3 Å². The van der Waals surface area contributed by atoms with Gasteiger partial charge in [-0.05, 0) is 30.9 Å². The van der Waals surface area contributed by atoms with Crippen LogP contribution in [0.2, 0.25) is 5.02 Å². The minimum absolute atomic E-state index is 0.107. The molecule has 1 amide bonds. The van der Waals surface area contributed by atoms with Gasteiger partial charge in [-0.1, -0.05) is 18.0 Å². The molecule has 0 atom stereocenters. The van der Waals surface area contributed by atoms with Crippen LogP contribution >= 0.6 is 11.6 Å². The van der Waals surface area contributed by atoms with Crippen LogP contribution in [0.3, 0.4) is 0 Å². The van der Waals surface area contributed by atoms with Gasteiger partial charge in [0.15, 0.2) is 0 Å². The zero-order valence-electron chi connectivity index (χ0n) is 10.7. The molecule has 0 aromatic carbocycles. The summed E-state index contributed by atoms with van der Waals surface area (Å²) in [6.45, 7) is 0.792. The van der Waals surface area contributed by atoms with Crippen LogP contribution in [-0.4, -0.2) is 36.4 Å². The second-order valence-electron chi connectivity index (χ2n) is 4.76. The third kappa shape index (κ3) is 2.75. The molecule has 0 spiro atoms. The molecule has 1 saturated carbocycles. The summed E-state index contributed by atoms with van der Waals surface area (Å²) in [6.07, 6.45) is 3.71. The average molecular weight is 268 g/mol. The molecule has 0 unspecified atom stereocenters. The molecule has 0 bridgehead atoms. The Hall–Kier alpha value is -1.29. The van der Waals surface area contributed by atoms with E-state index in [0.29, 0.717) is 22.5 Å². The molecule has 4 nitrogen and oxygen atoms in total. The van der Waals surface area contributed by atoms with Gasteiger partial charge in [-0.3, -0.25) is 4.79 Å². The molecule has 18 heavy (non-hydrogen) atoms. The fraction of sp³-hybridized carbons (Fsp3) is 0.538.